The van der Waals surface area contributed by atoms with E-state index in [4.69, 9.17) is 4.98 Å². The molecule has 4 rings (SSSR count). The third-order valence-corrected chi connectivity index (χ3v) is 5.35. The van der Waals surface area contributed by atoms with Crippen LogP contribution in [0.15, 0.2) is 12.3 Å². The Morgan fingerprint density at radius 1 is 1.24 bits per heavy atom. The summed E-state index contributed by atoms with van der Waals surface area (Å²) in [5.74, 6) is 0.440. The van der Waals surface area contributed by atoms with Crippen molar-refractivity contribution in [1.82, 2.24) is 20.1 Å². The van der Waals surface area contributed by atoms with Gasteiger partial charge < -0.3 is 10.4 Å². The van der Waals surface area contributed by atoms with Crippen LogP contribution in [0.1, 0.15) is 80.4 Å². The number of rotatable bonds is 4. The van der Waals surface area contributed by atoms with E-state index in [1.54, 1.807) is 6.20 Å². The van der Waals surface area contributed by atoms with Gasteiger partial charge in [-0.2, -0.15) is 5.10 Å². The lowest BCUT2D eigenvalue weighted by Crippen LogP contribution is -2.38. The summed E-state index contributed by atoms with van der Waals surface area (Å²) in [6, 6.07) is 2.30. The first-order valence-corrected chi connectivity index (χ1v) is 9.40. The minimum absolute atomic E-state index is 0.0426. The van der Waals surface area contributed by atoms with Crippen LogP contribution in [0.5, 0.6) is 0 Å². The maximum absolute atomic E-state index is 12.9. The largest absolute Gasteiger partial charge is 0.393 e. The highest BCUT2D eigenvalue weighted by Crippen LogP contribution is 2.40. The van der Waals surface area contributed by atoms with Gasteiger partial charge in [0.2, 0.25) is 0 Å². The molecule has 0 saturated heterocycles. The average Bonchev–Trinajstić information content (AvgIpc) is 3.35. The number of carbonyl (C=O) groups excluding carboxylic acids is 1. The van der Waals surface area contributed by atoms with E-state index in [9.17, 15) is 9.90 Å². The minimum atomic E-state index is -0.216. The number of aliphatic hydroxyl groups excluding tert-OH is 1. The van der Waals surface area contributed by atoms with Crippen molar-refractivity contribution in [1.29, 1.82) is 0 Å². The van der Waals surface area contributed by atoms with Gasteiger partial charge in [0.25, 0.3) is 5.91 Å². The van der Waals surface area contributed by atoms with Gasteiger partial charge in [-0.15, -0.1) is 0 Å². The van der Waals surface area contributed by atoms with E-state index in [2.05, 4.69) is 24.3 Å². The molecule has 25 heavy (non-hydrogen) atoms. The molecule has 6 nitrogen and oxygen atoms in total. The predicted molar refractivity (Wildman–Crippen MR) is 95.6 cm³/mol. The zero-order valence-corrected chi connectivity index (χ0v) is 14.9. The van der Waals surface area contributed by atoms with Gasteiger partial charge in [0.1, 0.15) is 0 Å². The molecule has 134 valence electrons. The summed E-state index contributed by atoms with van der Waals surface area (Å²) in [7, 11) is 0. The Hall–Kier alpha value is -1.95. The molecule has 0 aromatic carbocycles. The fourth-order valence-corrected chi connectivity index (χ4v) is 3.67. The smallest absolute Gasteiger partial charge is 0.252 e. The third kappa shape index (κ3) is 3.27. The van der Waals surface area contributed by atoms with Crippen molar-refractivity contribution in [2.45, 2.75) is 76.5 Å². The van der Waals surface area contributed by atoms with Crippen LogP contribution in [0, 0.1) is 0 Å². The Balaban J connectivity index is 1.66. The van der Waals surface area contributed by atoms with Crippen LogP contribution < -0.4 is 5.32 Å². The van der Waals surface area contributed by atoms with Crippen LogP contribution in [0.25, 0.3) is 11.0 Å². The molecule has 2 heterocycles. The van der Waals surface area contributed by atoms with Crippen LogP contribution in [0.3, 0.4) is 0 Å². The first kappa shape index (κ1) is 16.5. The number of fused-ring (bicyclic) bond motifs is 1. The lowest BCUT2D eigenvalue weighted by molar-refractivity contribution is 0.0869. The predicted octanol–water partition coefficient (Wildman–Crippen LogP) is 2.92. The molecule has 2 aromatic rings. The van der Waals surface area contributed by atoms with Crippen molar-refractivity contribution in [3.8, 4) is 0 Å². The summed E-state index contributed by atoms with van der Waals surface area (Å²) in [5, 5.41) is 18.1. The van der Waals surface area contributed by atoms with E-state index >= 15 is 0 Å². The Morgan fingerprint density at radius 2 is 1.96 bits per heavy atom. The molecule has 1 amide bonds. The molecule has 2 fully saturated rings. The molecular weight excluding hydrogens is 316 g/mol. The van der Waals surface area contributed by atoms with Gasteiger partial charge in [0.15, 0.2) is 5.65 Å². The summed E-state index contributed by atoms with van der Waals surface area (Å²) in [4.78, 5) is 17.7. The van der Waals surface area contributed by atoms with Crippen molar-refractivity contribution in [3.05, 3.63) is 23.5 Å². The summed E-state index contributed by atoms with van der Waals surface area (Å²) in [6.45, 7) is 4.15. The molecule has 0 bridgehead atoms. The molecule has 0 radical (unpaired) electrons. The second-order valence-electron chi connectivity index (χ2n) is 7.77. The number of hydrogen-bond acceptors (Lipinski definition) is 4. The van der Waals surface area contributed by atoms with E-state index < -0.39 is 0 Å². The number of aromatic nitrogens is 3. The fraction of sp³-hybridized carbons (Fsp3) is 0.632. The number of aliphatic hydroxyl groups is 1. The van der Waals surface area contributed by atoms with E-state index in [1.165, 1.54) is 0 Å². The van der Waals surface area contributed by atoms with Crippen LogP contribution in [-0.2, 0) is 0 Å². The summed E-state index contributed by atoms with van der Waals surface area (Å²) >= 11 is 0. The fourth-order valence-electron chi connectivity index (χ4n) is 3.67. The SMILES string of the molecule is CC(C)n1ncc2c(C(=O)NC3CCC(O)CC3)cc(C3CC3)nc21. The molecule has 0 aliphatic heterocycles. The van der Waals surface area contributed by atoms with Crippen molar-refractivity contribution < 1.29 is 9.90 Å². The number of amides is 1. The van der Waals surface area contributed by atoms with Gasteiger partial charge >= 0.3 is 0 Å². The van der Waals surface area contributed by atoms with E-state index in [-0.39, 0.29) is 24.1 Å². The van der Waals surface area contributed by atoms with E-state index in [0.29, 0.717) is 11.5 Å². The number of pyridine rings is 1. The lowest BCUT2D eigenvalue weighted by Gasteiger charge is -2.26. The molecule has 0 atom stereocenters. The summed E-state index contributed by atoms with van der Waals surface area (Å²) in [5.41, 5.74) is 2.51. The van der Waals surface area contributed by atoms with E-state index in [1.807, 2.05) is 10.7 Å². The summed E-state index contributed by atoms with van der Waals surface area (Å²) in [6.07, 6.45) is 7.03. The second-order valence-corrected chi connectivity index (χ2v) is 7.77. The van der Waals surface area contributed by atoms with Gasteiger partial charge in [-0.1, -0.05) is 0 Å². The standard InChI is InChI=1S/C19H26N4O2/c1-11(2)23-18-16(10-20-23)15(9-17(22-18)12-3-4-12)19(25)21-13-5-7-14(24)8-6-13/h9-14,24H,3-8H2,1-2H3,(H,21,25). The number of carbonyl (C=O) groups is 1. The van der Waals surface area contributed by atoms with Gasteiger partial charge in [0, 0.05) is 23.7 Å². The molecule has 2 aliphatic rings. The molecule has 2 aliphatic carbocycles. The molecule has 6 heteroatoms. The molecule has 2 saturated carbocycles. The molecule has 0 spiro atoms. The number of nitrogens with zero attached hydrogens (tertiary/aromatic N) is 3. The quantitative estimate of drug-likeness (QED) is 0.895. The molecular formula is C19H26N4O2. The van der Waals surface area contributed by atoms with E-state index in [0.717, 1.165) is 55.3 Å². The van der Waals surface area contributed by atoms with Gasteiger partial charge in [-0.25, -0.2) is 9.67 Å². The highest BCUT2D eigenvalue weighted by molar-refractivity contribution is 6.05. The Labute approximate surface area is 147 Å². The zero-order valence-electron chi connectivity index (χ0n) is 14.9. The molecule has 0 unspecified atom stereocenters. The van der Waals surface area contributed by atoms with Crippen molar-refractivity contribution in [3.63, 3.8) is 0 Å². The molecule has 2 N–H and O–H groups in total. The van der Waals surface area contributed by atoms with Gasteiger partial charge in [0.05, 0.1) is 23.3 Å². The second kappa shape index (κ2) is 6.41. The first-order valence-electron chi connectivity index (χ1n) is 9.40. The average molecular weight is 342 g/mol. The van der Waals surface area contributed by atoms with Crippen LogP contribution in [0.4, 0.5) is 0 Å². The maximum Gasteiger partial charge on any atom is 0.252 e. The Kier molecular flexibility index (Phi) is 4.23. The monoisotopic (exact) mass is 342 g/mol. The highest BCUT2D eigenvalue weighted by atomic mass is 16.3. The summed E-state index contributed by atoms with van der Waals surface area (Å²) < 4.78 is 1.90. The Bertz CT molecular complexity index is 786. The zero-order chi connectivity index (χ0) is 17.6. The molecule has 2 aromatic heterocycles. The normalized spacial score (nSPS) is 24.0. The van der Waals surface area contributed by atoms with Crippen molar-refractivity contribution in [2.75, 3.05) is 0 Å². The van der Waals surface area contributed by atoms with Crippen LogP contribution in [0.2, 0.25) is 0 Å². The first-order chi connectivity index (χ1) is 12.0. The van der Waals surface area contributed by atoms with Crippen LogP contribution >= 0.6 is 0 Å². The highest BCUT2D eigenvalue weighted by Gasteiger charge is 2.29. The topological polar surface area (TPSA) is 80.0 Å². The van der Waals surface area contributed by atoms with Gasteiger partial charge in [-0.05, 0) is 58.4 Å². The lowest BCUT2D eigenvalue weighted by atomic mass is 9.93. The minimum Gasteiger partial charge on any atom is -0.393 e. The van der Waals surface area contributed by atoms with Gasteiger partial charge in [-0.3, -0.25) is 4.79 Å². The van der Waals surface area contributed by atoms with Crippen molar-refractivity contribution in [2.24, 2.45) is 0 Å². The third-order valence-electron chi connectivity index (χ3n) is 5.35. The van der Waals surface area contributed by atoms with Crippen LogP contribution in [-0.4, -0.2) is 37.9 Å². The Morgan fingerprint density at radius 3 is 2.60 bits per heavy atom. The maximum atomic E-state index is 12.9. The number of hydrogen-bond donors (Lipinski definition) is 2. The number of nitrogens with one attached hydrogen (secondary N) is 1. The van der Waals surface area contributed by atoms with Crippen molar-refractivity contribution >= 4 is 16.9 Å².